The van der Waals surface area contributed by atoms with Crippen molar-refractivity contribution >= 4 is 29.3 Å². The molecule has 2 N–H and O–H groups in total. The Hall–Kier alpha value is -1.53. The van der Waals surface area contributed by atoms with E-state index in [-0.39, 0.29) is 23.2 Å². The highest BCUT2D eigenvalue weighted by atomic mass is 32.2. The Bertz CT molecular complexity index is 629. The van der Waals surface area contributed by atoms with E-state index in [1.54, 1.807) is 17.8 Å². The molecule has 24 heavy (non-hydrogen) atoms. The average Bonchev–Trinajstić information content (AvgIpc) is 2.61. The van der Waals surface area contributed by atoms with E-state index in [0.29, 0.717) is 5.56 Å². The zero-order valence-electron chi connectivity index (χ0n) is 14.3. The van der Waals surface area contributed by atoms with Crippen molar-refractivity contribution in [3.05, 3.63) is 23.8 Å². The van der Waals surface area contributed by atoms with E-state index in [1.807, 2.05) is 26.0 Å². The predicted molar refractivity (Wildman–Crippen MR) is 97.4 cm³/mol. The number of nitrogens with one attached hydrogen (secondary N) is 2. The molecule has 0 aromatic heterocycles. The lowest BCUT2D eigenvalue weighted by molar-refractivity contribution is -0.118. The van der Waals surface area contributed by atoms with Crippen LogP contribution in [0.1, 0.15) is 49.9 Å². The van der Waals surface area contributed by atoms with Gasteiger partial charge in [-0.25, -0.2) is 0 Å². The number of carbonyl (C=O) groups is 2. The van der Waals surface area contributed by atoms with Crippen molar-refractivity contribution in [1.29, 1.82) is 0 Å². The molecule has 2 atom stereocenters. The van der Waals surface area contributed by atoms with Crippen molar-refractivity contribution in [3.63, 3.8) is 0 Å². The Labute approximate surface area is 147 Å². The largest absolute Gasteiger partial charge is 0.350 e. The van der Waals surface area contributed by atoms with E-state index in [2.05, 4.69) is 15.5 Å². The average molecular weight is 347 g/mol. The molecule has 0 saturated carbocycles. The Kier molecular flexibility index (Phi) is 5.46. The number of hydrogen-bond donors (Lipinski definition) is 2. The van der Waals surface area contributed by atoms with Gasteiger partial charge in [0.1, 0.15) is 5.37 Å². The number of fused-ring (bicyclic) bond motifs is 1. The van der Waals surface area contributed by atoms with E-state index in [4.69, 9.17) is 0 Å². The zero-order valence-corrected chi connectivity index (χ0v) is 15.1. The molecule has 1 aromatic rings. The minimum atomic E-state index is -0.155. The number of likely N-dealkylation sites (tertiary alicyclic amines) is 1. The van der Waals surface area contributed by atoms with Crippen molar-refractivity contribution in [2.75, 3.05) is 18.4 Å². The van der Waals surface area contributed by atoms with Crippen LogP contribution in [0, 0.1) is 0 Å². The van der Waals surface area contributed by atoms with Gasteiger partial charge in [0.2, 0.25) is 0 Å². The van der Waals surface area contributed by atoms with Crippen LogP contribution in [0.3, 0.4) is 0 Å². The fourth-order valence-electron chi connectivity index (χ4n) is 3.04. The molecule has 6 heteroatoms. The summed E-state index contributed by atoms with van der Waals surface area (Å²) in [4.78, 5) is 28.0. The number of anilines is 1. The maximum Gasteiger partial charge on any atom is 0.252 e. The maximum absolute atomic E-state index is 12.5. The van der Waals surface area contributed by atoms with Gasteiger partial charge in [0.05, 0.1) is 5.69 Å². The second-order valence-corrected chi connectivity index (χ2v) is 7.67. The molecule has 1 fully saturated rings. The number of rotatable bonds is 4. The highest BCUT2D eigenvalue weighted by Gasteiger charge is 2.33. The van der Waals surface area contributed by atoms with Crippen molar-refractivity contribution < 1.29 is 9.59 Å². The van der Waals surface area contributed by atoms with Gasteiger partial charge in [0, 0.05) is 16.5 Å². The molecule has 1 saturated heterocycles. The molecule has 0 spiro atoms. The quantitative estimate of drug-likeness (QED) is 0.879. The molecule has 0 bridgehead atoms. The molecule has 130 valence electrons. The minimum Gasteiger partial charge on any atom is -0.350 e. The van der Waals surface area contributed by atoms with Gasteiger partial charge in [0.15, 0.2) is 0 Å². The van der Waals surface area contributed by atoms with Crippen LogP contribution in [0.25, 0.3) is 0 Å². The number of benzene rings is 1. The van der Waals surface area contributed by atoms with Crippen LogP contribution in [0.15, 0.2) is 23.1 Å². The lowest BCUT2D eigenvalue weighted by atomic mass is 10.1. The molecule has 5 nitrogen and oxygen atoms in total. The zero-order chi connectivity index (χ0) is 17.1. The second-order valence-electron chi connectivity index (χ2n) is 6.55. The van der Waals surface area contributed by atoms with Gasteiger partial charge < -0.3 is 10.6 Å². The van der Waals surface area contributed by atoms with Crippen molar-refractivity contribution in [1.82, 2.24) is 10.2 Å². The third-order valence-electron chi connectivity index (χ3n) is 4.67. The Morgan fingerprint density at radius 3 is 2.83 bits per heavy atom. The summed E-state index contributed by atoms with van der Waals surface area (Å²) in [5.41, 5.74) is 1.33. The van der Waals surface area contributed by atoms with Crippen LogP contribution in [0.2, 0.25) is 0 Å². The summed E-state index contributed by atoms with van der Waals surface area (Å²) in [6.07, 6.45) is 4.46. The lowest BCUT2D eigenvalue weighted by Crippen LogP contribution is -2.46. The number of nitrogens with zero attached hydrogens (tertiary/aromatic N) is 1. The summed E-state index contributed by atoms with van der Waals surface area (Å²) >= 11 is 1.59. The van der Waals surface area contributed by atoms with Gasteiger partial charge in [0.25, 0.3) is 11.8 Å². The molecule has 0 radical (unpaired) electrons. The highest BCUT2D eigenvalue weighted by Crippen LogP contribution is 2.38. The van der Waals surface area contributed by atoms with Gasteiger partial charge in [-0.2, -0.15) is 0 Å². The van der Waals surface area contributed by atoms with Crippen molar-refractivity contribution in [2.45, 2.75) is 55.8 Å². The normalized spacial score (nSPS) is 22.4. The second kappa shape index (κ2) is 7.57. The number of amides is 2. The van der Waals surface area contributed by atoms with E-state index < -0.39 is 0 Å². The summed E-state index contributed by atoms with van der Waals surface area (Å²) in [5.74, 6) is -0.0709. The van der Waals surface area contributed by atoms with Crippen LogP contribution in [0.4, 0.5) is 5.69 Å². The SMILES string of the molecule is CCC(C)NC(=O)c1ccc2c(c1)NC(=O)C(N1CCCCC1)S2. The Morgan fingerprint density at radius 2 is 2.12 bits per heavy atom. The fraction of sp³-hybridized carbons (Fsp3) is 0.556. The first-order valence-electron chi connectivity index (χ1n) is 8.75. The first-order chi connectivity index (χ1) is 11.6. The van der Waals surface area contributed by atoms with Gasteiger partial charge in [-0.3, -0.25) is 14.5 Å². The van der Waals surface area contributed by atoms with Crippen LogP contribution < -0.4 is 10.6 Å². The molecular weight excluding hydrogens is 322 g/mol. The molecule has 0 aliphatic carbocycles. The van der Waals surface area contributed by atoms with E-state index in [9.17, 15) is 9.59 Å². The minimum absolute atomic E-state index is 0.0221. The molecule has 2 amide bonds. The third-order valence-corrected chi connectivity index (χ3v) is 6.02. The van der Waals surface area contributed by atoms with Gasteiger partial charge in [-0.05, 0) is 57.5 Å². The third kappa shape index (κ3) is 3.75. The molecule has 2 aliphatic heterocycles. The fourth-order valence-corrected chi connectivity index (χ4v) is 4.19. The predicted octanol–water partition coefficient (Wildman–Crippen LogP) is 3.07. The molecule has 1 aromatic carbocycles. The van der Waals surface area contributed by atoms with E-state index in [1.165, 1.54) is 6.42 Å². The maximum atomic E-state index is 12.5. The summed E-state index contributed by atoms with van der Waals surface area (Å²) in [7, 11) is 0. The molecular formula is C18H25N3O2S. The van der Waals surface area contributed by atoms with Crippen LogP contribution in [-0.2, 0) is 4.79 Å². The van der Waals surface area contributed by atoms with Crippen LogP contribution >= 0.6 is 11.8 Å². The number of hydrogen-bond acceptors (Lipinski definition) is 4. The standard InChI is InChI=1S/C18H25N3O2S/c1-3-12(2)19-16(22)13-7-8-15-14(11-13)20-17(23)18(24-15)21-9-5-4-6-10-21/h7-8,11-12,18H,3-6,9-10H2,1-2H3,(H,19,22)(H,20,23). The smallest absolute Gasteiger partial charge is 0.252 e. The van der Waals surface area contributed by atoms with Crippen LogP contribution in [0.5, 0.6) is 0 Å². The monoisotopic (exact) mass is 347 g/mol. The molecule has 3 rings (SSSR count). The summed E-state index contributed by atoms with van der Waals surface area (Å²) in [6.45, 7) is 5.98. The highest BCUT2D eigenvalue weighted by molar-refractivity contribution is 8.00. The number of carbonyl (C=O) groups excluding carboxylic acids is 2. The van der Waals surface area contributed by atoms with E-state index >= 15 is 0 Å². The topological polar surface area (TPSA) is 61.4 Å². The number of piperidine rings is 1. The van der Waals surface area contributed by atoms with Crippen LogP contribution in [-0.4, -0.2) is 41.2 Å². The first-order valence-corrected chi connectivity index (χ1v) is 9.63. The van der Waals surface area contributed by atoms with Gasteiger partial charge in [-0.15, -0.1) is 0 Å². The van der Waals surface area contributed by atoms with Crippen molar-refractivity contribution in [2.24, 2.45) is 0 Å². The molecule has 2 unspecified atom stereocenters. The first kappa shape index (κ1) is 17.3. The number of thioether (sulfide) groups is 1. The Morgan fingerprint density at radius 1 is 1.38 bits per heavy atom. The lowest BCUT2D eigenvalue weighted by Gasteiger charge is -2.35. The summed E-state index contributed by atoms with van der Waals surface area (Å²) < 4.78 is 0. The van der Waals surface area contributed by atoms with Gasteiger partial charge >= 0.3 is 0 Å². The Balaban J connectivity index is 1.74. The molecule has 2 heterocycles. The van der Waals surface area contributed by atoms with Gasteiger partial charge in [-0.1, -0.05) is 25.1 Å². The van der Waals surface area contributed by atoms with Crippen molar-refractivity contribution in [3.8, 4) is 0 Å². The summed E-state index contributed by atoms with van der Waals surface area (Å²) in [6, 6.07) is 5.71. The molecule has 2 aliphatic rings. The summed E-state index contributed by atoms with van der Waals surface area (Å²) in [5, 5.41) is 5.79. The van der Waals surface area contributed by atoms with E-state index in [0.717, 1.165) is 42.9 Å².